The van der Waals surface area contributed by atoms with E-state index < -0.39 is 36.6 Å². The zero-order valence-corrected chi connectivity index (χ0v) is 18.4. The van der Waals surface area contributed by atoms with Gasteiger partial charge in [-0.3, -0.25) is 9.44 Å². The van der Waals surface area contributed by atoms with E-state index in [1.54, 1.807) is 18.2 Å². The molecule has 0 aliphatic rings. The summed E-state index contributed by atoms with van der Waals surface area (Å²) in [5.74, 6) is -2.27. The van der Waals surface area contributed by atoms with Crippen molar-refractivity contribution < 1.29 is 35.1 Å². The third-order valence-corrected chi connectivity index (χ3v) is 7.00. The van der Waals surface area contributed by atoms with Crippen molar-refractivity contribution in [1.29, 1.82) is 0 Å². The van der Waals surface area contributed by atoms with Gasteiger partial charge in [0, 0.05) is 0 Å². The summed E-state index contributed by atoms with van der Waals surface area (Å²) in [4.78, 5) is -0.842. The minimum Gasteiger partial charge on any atom is -0.495 e. The van der Waals surface area contributed by atoms with Crippen LogP contribution in [0, 0.1) is 11.6 Å². The van der Waals surface area contributed by atoms with Gasteiger partial charge >= 0.3 is 0 Å². The van der Waals surface area contributed by atoms with Crippen molar-refractivity contribution in [3.8, 4) is 11.5 Å². The van der Waals surface area contributed by atoms with Crippen LogP contribution in [0.1, 0.15) is 0 Å². The fourth-order valence-corrected chi connectivity index (χ4v) is 4.88. The van der Waals surface area contributed by atoms with Crippen LogP contribution in [0.4, 0.5) is 20.2 Å². The van der Waals surface area contributed by atoms with E-state index in [4.69, 9.17) is 9.47 Å². The predicted molar refractivity (Wildman–Crippen MR) is 114 cm³/mol. The first-order chi connectivity index (χ1) is 15.1. The zero-order valence-electron chi connectivity index (χ0n) is 16.8. The molecule has 3 rings (SSSR count). The number of halogens is 2. The lowest BCUT2D eigenvalue weighted by Gasteiger charge is -2.15. The lowest BCUT2D eigenvalue weighted by atomic mass is 10.3. The molecule has 3 aromatic carbocycles. The summed E-state index contributed by atoms with van der Waals surface area (Å²) in [7, 11) is -5.91. The van der Waals surface area contributed by atoms with E-state index in [0.717, 1.165) is 12.1 Å². The first-order valence-electron chi connectivity index (χ1n) is 8.89. The third kappa shape index (κ3) is 4.92. The number of methoxy groups -OCH3 is 2. The Bertz CT molecular complexity index is 1360. The van der Waals surface area contributed by atoms with Gasteiger partial charge in [-0.05, 0) is 48.5 Å². The van der Waals surface area contributed by atoms with Crippen LogP contribution >= 0.6 is 0 Å². The van der Waals surface area contributed by atoms with E-state index in [-0.39, 0.29) is 27.8 Å². The highest BCUT2D eigenvalue weighted by Gasteiger charge is 2.22. The molecule has 0 fully saturated rings. The summed E-state index contributed by atoms with van der Waals surface area (Å²) in [6, 6.07) is 11.9. The van der Waals surface area contributed by atoms with Gasteiger partial charge in [-0.1, -0.05) is 12.1 Å². The molecule has 0 heterocycles. The van der Waals surface area contributed by atoms with E-state index in [0.29, 0.717) is 12.1 Å². The van der Waals surface area contributed by atoms with Gasteiger partial charge in [0.2, 0.25) is 0 Å². The van der Waals surface area contributed by atoms with Crippen molar-refractivity contribution in [2.75, 3.05) is 23.7 Å². The van der Waals surface area contributed by atoms with Gasteiger partial charge in [-0.15, -0.1) is 0 Å². The van der Waals surface area contributed by atoms with Crippen LogP contribution in [0.2, 0.25) is 0 Å². The third-order valence-electron chi connectivity index (χ3n) is 4.28. The number of anilines is 2. The molecule has 0 aromatic heterocycles. The number of sulfonamides is 2. The fraction of sp³-hybridized carbons (Fsp3) is 0.100. The number of benzene rings is 3. The van der Waals surface area contributed by atoms with E-state index >= 15 is 0 Å². The molecule has 2 N–H and O–H groups in total. The van der Waals surface area contributed by atoms with Crippen molar-refractivity contribution >= 4 is 31.4 Å². The van der Waals surface area contributed by atoms with E-state index in [1.165, 1.54) is 32.4 Å². The Kier molecular flexibility index (Phi) is 6.55. The second-order valence-corrected chi connectivity index (χ2v) is 9.71. The van der Waals surface area contributed by atoms with Gasteiger partial charge in [-0.25, -0.2) is 25.6 Å². The maximum absolute atomic E-state index is 13.5. The Hall–Kier alpha value is -3.38. The molecule has 8 nitrogen and oxygen atoms in total. The largest absolute Gasteiger partial charge is 0.495 e. The van der Waals surface area contributed by atoms with Crippen molar-refractivity contribution in [3.05, 3.63) is 72.3 Å². The molecule has 0 aliphatic heterocycles. The quantitative estimate of drug-likeness (QED) is 0.506. The molecule has 170 valence electrons. The minimum atomic E-state index is -4.39. The molecule has 0 radical (unpaired) electrons. The first-order valence-corrected chi connectivity index (χ1v) is 11.9. The average Bonchev–Trinajstić information content (AvgIpc) is 2.75. The van der Waals surface area contributed by atoms with Crippen LogP contribution in [0.5, 0.6) is 11.5 Å². The molecule has 3 aromatic rings. The van der Waals surface area contributed by atoms with Crippen molar-refractivity contribution in [2.24, 2.45) is 0 Å². The number of hydrogen-bond acceptors (Lipinski definition) is 6. The highest BCUT2D eigenvalue weighted by atomic mass is 32.2. The number of rotatable bonds is 8. The lowest BCUT2D eigenvalue weighted by Crippen LogP contribution is -2.16. The van der Waals surface area contributed by atoms with Crippen LogP contribution < -0.4 is 18.9 Å². The summed E-state index contributed by atoms with van der Waals surface area (Å²) in [5, 5.41) is 0. The molecule has 0 bridgehead atoms. The maximum Gasteiger partial charge on any atom is 0.262 e. The monoisotopic (exact) mass is 484 g/mol. The molecule has 0 saturated heterocycles. The lowest BCUT2D eigenvalue weighted by molar-refractivity contribution is 0.416. The summed E-state index contributed by atoms with van der Waals surface area (Å²) in [6.07, 6.45) is 0. The van der Waals surface area contributed by atoms with E-state index in [2.05, 4.69) is 9.44 Å². The SMILES string of the molecule is COc1ccccc1NS(=O)(=O)c1ccc(OC)c(NS(=O)(=O)c2ccc(F)c(F)c2)c1. The topological polar surface area (TPSA) is 111 Å². The van der Waals surface area contributed by atoms with Crippen LogP contribution in [0.15, 0.2) is 70.5 Å². The molecule has 12 heteroatoms. The Labute approximate surface area is 183 Å². The van der Waals surface area contributed by atoms with Crippen LogP contribution in [-0.4, -0.2) is 31.1 Å². The second-order valence-electron chi connectivity index (χ2n) is 6.35. The number of hydrogen-bond donors (Lipinski definition) is 2. The highest BCUT2D eigenvalue weighted by molar-refractivity contribution is 7.93. The predicted octanol–water partition coefficient (Wildman–Crippen LogP) is 3.58. The van der Waals surface area contributed by atoms with Gasteiger partial charge in [0.05, 0.1) is 35.4 Å². The summed E-state index contributed by atoms with van der Waals surface area (Å²) < 4.78 is 92.4. The van der Waals surface area contributed by atoms with Gasteiger partial charge in [0.1, 0.15) is 11.5 Å². The molecule has 32 heavy (non-hydrogen) atoms. The van der Waals surface area contributed by atoms with Gasteiger partial charge < -0.3 is 9.47 Å². The maximum atomic E-state index is 13.5. The van der Waals surface area contributed by atoms with Gasteiger partial charge in [-0.2, -0.15) is 0 Å². The van der Waals surface area contributed by atoms with Crippen molar-refractivity contribution in [2.45, 2.75) is 9.79 Å². The van der Waals surface area contributed by atoms with Gasteiger partial charge in [0.15, 0.2) is 11.6 Å². The standard InChI is InChI=1S/C20H18F2N2O6S2/c1-29-19-6-4-3-5-17(19)23-32(27,28)14-8-10-20(30-2)18(12-14)24-31(25,26)13-7-9-15(21)16(22)11-13/h3-12,23-24H,1-2H3. The van der Waals surface area contributed by atoms with Gasteiger partial charge in [0.25, 0.3) is 20.0 Å². The summed E-state index contributed by atoms with van der Waals surface area (Å²) in [5.41, 5.74) is -0.0464. The molecular weight excluding hydrogens is 466 g/mol. The average molecular weight is 485 g/mol. The summed E-state index contributed by atoms with van der Waals surface area (Å²) in [6.45, 7) is 0. The molecule has 0 unspecified atom stereocenters. The fourth-order valence-electron chi connectivity index (χ4n) is 2.71. The Balaban J connectivity index is 1.98. The number of nitrogens with one attached hydrogen (secondary N) is 2. The van der Waals surface area contributed by atoms with E-state index in [9.17, 15) is 25.6 Å². The number of ether oxygens (including phenoxy) is 2. The number of para-hydroxylation sites is 2. The Morgan fingerprint density at radius 1 is 0.656 bits per heavy atom. The van der Waals surface area contributed by atoms with Crippen molar-refractivity contribution in [1.82, 2.24) is 0 Å². The Morgan fingerprint density at radius 2 is 1.19 bits per heavy atom. The molecule has 0 amide bonds. The smallest absolute Gasteiger partial charge is 0.262 e. The molecule has 0 aliphatic carbocycles. The molecular formula is C20H18F2N2O6S2. The van der Waals surface area contributed by atoms with Crippen LogP contribution in [-0.2, 0) is 20.0 Å². The second kappa shape index (κ2) is 9.01. The first kappa shape index (κ1) is 23.3. The molecule has 0 saturated carbocycles. The zero-order chi connectivity index (χ0) is 23.5. The van der Waals surface area contributed by atoms with Crippen molar-refractivity contribution in [3.63, 3.8) is 0 Å². The highest BCUT2D eigenvalue weighted by Crippen LogP contribution is 2.32. The molecule has 0 spiro atoms. The van der Waals surface area contributed by atoms with Crippen LogP contribution in [0.25, 0.3) is 0 Å². The van der Waals surface area contributed by atoms with E-state index in [1.807, 2.05) is 0 Å². The molecule has 0 atom stereocenters. The Morgan fingerprint density at radius 3 is 1.81 bits per heavy atom. The van der Waals surface area contributed by atoms with Crippen LogP contribution in [0.3, 0.4) is 0 Å². The summed E-state index contributed by atoms with van der Waals surface area (Å²) >= 11 is 0. The minimum absolute atomic E-state index is 0.00685. The normalized spacial score (nSPS) is 11.6.